The van der Waals surface area contributed by atoms with E-state index in [1.54, 1.807) is 0 Å². The highest BCUT2D eigenvalue weighted by Gasteiger charge is 2.37. The van der Waals surface area contributed by atoms with Gasteiger partial charge in [-0.2, -0.15) is 0 Å². The molecule has 0 aliphatic carbocycles. The molecule has 1 aliphatic rings. The Hall–Kier alpha value is -1.31. The fourth-order valence-electron chi connectivity index (χ4n) is 2.30. The molecule has 2 nitrogen and oxygen atoms in total. The third kappa shape index (κ3) is 1.76. The monoisotopic (exact) mass is 203 g/mol. The van der Waals surface area contributed by atoms with E-state index in [0.717, 1.165) is 0 Å². The van der Waals surface area contributed by atoms with Crippen LogP contribution in [0.4, 0.5) is 5.69 Å². The number of hydrogen-bond donors (Lipinski definition) is 0. The van der Waals surface area contributed by atoms with E-state index in [2.05, 4.69) is 37.8 Å². The van der Waals surface area contributed by atoms with Crippen LogP contribution in [0.25, 0.3) is 0 Å². The van der Waals surface area contributed by atoms with Crippen LogP contribution < -0.4 is 4.90 Å². The number of anilines is 1. The zero-order chi connectivity index (χ0) is 11.1. The maximum absolute atomic E-state index is 11.5. The summed E-state index contributed by atoms with van der Waals surface area (Å²) in [7, 11) is 0. The number of carbonyl (C=O) groups is 1. The summed E-state index contributed by atoms with van der Waals surface area (Å²) in [6, 6.07) is 8.24. The fourth-order valence-corrected chi connectivity index (χ4v) is 2.30. The Morgan fingerprint density at radius 1 is 1.27 bits per heavy atom. The molecular weight excluding hydrogens is 186 g/mol. The number of para-hydroxylation sites is 1. The summed E-state index contributed by atoms with van der Waals surface area (Å²) in [4.78, 5) is 13.7. The van der Waals surface area contributed by atoms with Gasteiger partial charge in [0.2, 0.25) is 0 Å². The Bertz CT molecular complexity index is 395. The van der Waals surface area contributed by atoms with Crippen LogP contribution in [0.15, 0.2) is 24.3 Å². The zero-order valence-electron chi connectivity index (χ0n) is 9.58. The molecule has 1 saturated heterocycles. The highest BCUT2D eigenvalue weighted by molar-refractivity contribution is 5.89. The molecule has 15 heavy (non-hydrogen) atoms. The second kappa shape index (κ2) is 3.37. The van der Waals surface area contributed by atoms with Crippen LogP contribution in [0.2, 0.25) is 0 Å². The van der Waals surface area contributed by atoms with Crippen LogP contribution in [-0.4, -0.2) is 17.9 Å². The maximum atomic E-state index is 11.5. The second-order valence-corrected chi connectivity index (χ2v) is 4.90. The van der Waals surface area contributed by atoms with E-state index in [-0.39, 0.29) is 5.54 Å². The topological polar surface area (TPSA) is 20.3 Å². The van der Waals surface area contributed by atoms with Gasteiger partial charge in [-0.25, -0.2) is 0 Å². The molecule has 1 heterocycles. The number of aryl methyl sites for hydroxylation is 1. The van der Waals surface area contributed by atoms with Gasteiger partial charge in [0.15, 0.2) is 5.78 Å². The molecule has 2 heteroatoms. The van der Waals surface area contributed by atoms with Gasteiger partial charge in [-0.3, -0.25) is 4.79 Å². The number of rotatable bonds is 1. The summed E-state index contributed by atoms with van der Waals surface area (Å²) in [6.07, 6.45) is 0.654. The summed E-state index contributed by atoms with van der Waals surface area (Å²) < 4.78 is 0. The van der Waals surface area contributed by atoms with Crippen molar-refractivity contribution in [3.63, 3.8) is 0 Å². The minimum absolute atomic E-state index is 0.0385. The van der Waals surface area contributed by atoms with E-state index >= 15 is 0 Å². The third-order valence-corrected chi connectivity index (χ3v) is 3.10. The van der Waals surface area contributed by atoms with Crippen LogP contribution in [-0.2, 0) is 4.79 Å². The van der Waals surface area contributed by atoms with Gasteiger partial charge in [0.25, 0.3) is 0 Å². The van der Waals surface area contributed by atoms with E-state index in [9.17, 15) is 4.79 Å². The van der Waals surface area contributed by atoms with Crippen LogP contribution in [0.1, 0.15) is 25.8 Å². The number of carbonyl (C=O) groups excluding carboxylic acids is 1. The maximum Gasteiger partial charge on any atom is 0.154 e. The lowest BCUT2D eigenvalue weighted by Gasteiger charge is -2.33. The first-order valence-corrected chi connectivity index (χ1v) is 5.36. The van der Waals surface area contributed by atoms with E-state index in [0.29, 0.717) is 18.7 Å². The molecule has 80 valence electrons. The van der Waals surface area contributed by atoms with Crippen molar-refractivity contribution in [2.45, 2.75) is 32.7 Å². The molecule has 0 unspecified atom stereocenters. The quantitative estimate of drug-likeness (QED) is 0.699. The van der Waals surface area contributed by atoms with Crippen molar-refractivity contribution in [2.24, 2.45) is 0 Å². The molecule has 1 aliphatic heterocycles. The lowest BCUT2D eigenvalue weighted by Crippen LogP contribution is -2.38. The lowest BCUT2D eigenvalue weighted by atomic mass is 10.0. The van der Waals surface area contributed by atoms with Crippen molar-refractivity contribution in [3.8, 4) is 0 Å². The SMILES string of the molecule is Cc1ccccc1N1CC(=O)CC1(C)C. The van der Waals surface area contributed by atoms with Crippen LogP contribution in [0.3, 0.4) is 0 Å². The first kappa shape index (κ1) is 10.2. The Kier molecular flexibility index (Phi) is 2.29. The van der Waals surface area contributed by atoms with Crippen molar-refractivity contribution in [2.75, 3.05) is 11.4 Å². The Morgan fingerprint density at radius 2 is 1.93 bits per heavy atom. The summed E-state index contributed by atoms with van der Waals surface area (Å²) in [5, 5.41) is 0. The van der Waals surface area contributed by atoms with E-state index in [1.807, 2.05) is 12.1 Å². The van der Waals surface area contributed by atoms with Gasteiger partial charge >= 0.3 is 0 Å². The highest BCUT2D eigenvalue weighted by atomic mass is 16.1. The zero-order valence-corrected chi connectivity index (χ0v) is 9.58. The minimum atomic E-state index is -0.0385. The van der Waals surface area contributed by atoms with Crippen molar-refractivity contribution in [1.82, 2.24) is 0 Å². The van der Waals surface area contributed by atoms with Crippen molar-refractivity contribution >= 4 is 11.5 Å². The third-order valence-electron chi connectivity index (χ3n) is 3.10. The molecule has 0 radical (unpaired) electrons. The molecule has 1 fully saturated rings. The Balaban J connectivity index is 2.40. The largest absolute Gasteiger partial charge is 0.358 e. The fraction of sp³-hybridized carbons (Fsp3) is 0.462. The number of hydrogen-bond acceptors (Lipinski definition) is 2. The van der Waals surface area contributed by atoms with Gasteiger partial charge in [0.1, 0.15) is 0 Å². The second-order valence-electron chi connectivity index (χ2n) is 4.90. The number of benzene rings is 1. The van der Waals surface area contributed by atoms with Gasteiger partial charge < -0.3 is 4.90 Å². The Labute approximate surface area is 90.9 Å². The smallest absolute Gasteiger partial charge is 0.154 e. The standard InChI is InChI=1S/C13H17NO/c1-10-6-4-5-7-12(10)14-9-11(15)8-13(14,2)3/h4-7H,8-9H2,1-3H3. The van der Waals surface area contributed by atoms with E-state index in [4.69, 9.17) is 0 Å². The Morgan fingerprint density at radius 3 is 2.47 bits per heavy atom. The van der Waals surface area contributed by atoms with Crippen LogP contribution in [0, 0.1) is 6.92 Å². The van der Waals surface area contributed by atoms with Gasteiger partial charge in [-0.05, 0) is 32.4 Å². The highest BCUT2D eigenvalue weighted by Crippen LogP contribution is 2.33. The van der Waals surface area contributed by atoms with E-state index in [1.165, 1.54) is 11.3 Å². The normalized spacial score (nSPS) is 19.7. The summed E-state index contributed by atoms with van der Waals surface area (Å²) in [5.74, 6) is 0.336. The summed E-state index contributed by atoms with van der Waals surface area (Å²) in [6.45, 7) is 6.90. The molecule has 0 amide bonds. The number of nitrogens with zero attached hydrogens (tertiary/aromatic N) is 1. The first-order chi connectivity index (χ1) is 7.00. The number of Topliss-reactive ketones (excluding diaryl/α,β-unsaturated/α-hetero) is 1. The molecule has 2 rings (SSSR count). The van der Waals surface area contributed by atoms with Gasteiger partial charge in [0, 0.05) is 17.6 Å². The van der Waals surface area contributed by atoms with Crippen molar-refractivity contribution < 1.29 is 4.79 Å². The van der Waals surface area contributed by atoms with Crippen LogP contribution in [0.5, 0.6) is 0 Å². The molecule has 0 aromatic heterocycles. The molecule has 1 aromatic carbocycles. The molecule has 0 saturated carbocycles. The van der Waals surface area contributed by atoms with Crippen molar-refractivity contribution in [1.29, 1.82) is 0 Å². The molecule has 0 N–H and O–H groups in total. The van der Waals surface area contributed by atoms with Gasteiger partial charge in [-0.15, -0.1) is 0 Å². The van der Waals surface area contributed by atoms with Crippen molar-refractivity contribution in [3.05, 3.63) is 29.8 Å². The molecule has 1 aromatic rings. The molecule has 0 atom stereocenters. The molecule has 0 bridgehead atoms. The van der Waals surface area contributed by atoms with E-state index < -0.39 is 0 Å². The summed E-state index contributed by atoms with van der Waals surface area (Å²) >= 11 is 0. The predicted octanol–water partition coefficient (Wildman–Crippen LogP) is 2.55. The lowest BCUT2D eigenvalue weighted by molar-refractivity contribution is -0.116. The number of ketones is 1. The molecular formula is C13H17NO. The first-order valence-electron chi connectivity index (χ1n) is 5.36. The average Bonchev–Trinajstić information content (AvgIpc) is 2.40. The molecule has 0 spiro atoms. The van der Waals surface area contributed by atoms with Gasteiger partial charge in [0.05, 0.1) is 6.54 Å². The summed E-state index contributed by atoms with van der Waals surface area (Å²) in [5.41, 5.74) is 2.39. The predicted molar refractivity (Wildman–Crippen MR) is 62.2 cm³/mol. The van der Waals surface area contributed by atoms with Gasteiger partial charge in [-0.1, -0.05) is 18.2 Å². The van der Waals surface area contributed by atoms with Crippen LogP contribution >= 0.6 is 0 Å². The minimum Gasteiger partial charge on any atom is -0.358 e. The average molecular weight is 203 g/mol.